The summed E-state index contributed by atoms with van der Waals surface area (Å²) in [6.45, 7) is 4.58. The summed E-state index contributed by atoms with van der Waals surface area (Å²) in [5, 5.41) is 3.92. The van der Waals surface area contributed by atoms with Crippen molar-refractivity contribution in [3.63, 3.8) is 0 Å². The monoisotopic (exact) mass is 272 g/mol. The van der Waals surface area contributed by atoms with Crippen LogP contribution in [0.1, 0.15) is 49.1 Å². The fourth-order valence-corrected chi connectivity index (χ4v) is 3.95. The summed E-state index contributed by atoms with van der Waals surface area (Å²) in [7, 11) is 2.27. The SMILES string of the molecule is Cc1ccc(C2CC(NC3CCCC3)CN(C)C2)cc1. The first kappa shape index (κ1) is 14.1. The number of rotatable bonds is 3. The Morgan fingerprint density at radius 3 is 2.40 bits per heavy atom. The van der Waals surface area contributed by atoms with Gasteiger partial charge in [-0.1, -0.05) is 42.7 Å². The number of hydrogen-bond acceptors (Lipinski definition) is 2. The molecule has 1 aromatic rings. The summed E-state index contributed by atoms with van der Waals surface area (Å²) in [6, 6.07) is 10.6. The lowest BCUT2D eigenvalue weighted by Gasteiger charge is -2.37. The fourth-order valence-electron chi connectivity index (χ4n) is 3.95. The first-order chi connectivity index (χ1) is 9.70. The van der Waals surface area contributed by atoms with E-state index in [1.54, 1.807) is 0 Å². The molecule has 2 unspecified atom stereocenters. The molecule has 0 spiro atoms. The third-order valence-electron chi connectivity index (χ3n) is 5.01. The van der Waals surface area contributed by atoms with Crippen molar-refractivity contribution in [2.24, 2.45) is 0 Å². The highest BCUT2D eigenvalue weighted by molar-refractivity contribution is 5.25. The largest absolute Gasteiger partial charge is 0.310 e. The van der Waals surface area contributed by atoms with Gasteiger partial charge in [0.1, 0.15) is 0 Å². The molecule has 2 fully saturated rings. The van der Waals surface area contributed by atoms with E-state index in [1.165, 1.54) is 56.3 Å². The number of likely N-dealkylation sites (tertiary alicyclic amines) is 1. The van der Waals surface area contributed by atoms with E-state index in [0.29, 0.717) is 12.0 Å². The maximum atomic E-state index is 3.92. The summed E-state index contributed by atoms with van der Waals surface area (Å²) < 4.78 is 0. The van der Waals surface area contributed by atoms with Crippen LogP contribution < -0.4 is 5.32 Å². The molecule has 2 heteroatoms. The minimum Gasteiger partial charge on any atom is -0.310 e. The fraction of sp³-hybridized carbons (Fsp3) is 0.667. The van der Waals surface area contributed by atoms with Gasteiger partial charge in [0.05, 0.1) is 0 Å². The molecule has 0 radical (unpaired) electrons. The quantitative estimate of drug-likeness (QED) is 0.908. The molecule has 0 bridgehead atoms. The van der Waals surface area contributed by atoms with Crippen molar-refractivity contribution in [3.8, 4) is 0 Å². The summed E-state index contributed by atoms with van der Waals surface area (Å²) >= 11 is 0. The average molecular weight is 272 g/mol. The van der Waals surface area contributed by atoms with Crippen molar-refractivity contribution in [2.45, 2.75) is 57.0 Å². The lowest BCUT2D eigenvalue weighted by atomic mass is 9.87. The van der Waals surface area contributed by atoms with Gasteiger partial charge in [0.2, 0.25) is 0 Å². The van der Waals surface area contributed by atoms with Gasteiger partial charge in [-0.25, -0.2) is 0 Å². The zero-order chi connectivity index (χ0) is 13.9. The molecule has 3 rings (SSSR count). The van der Waals surface area contributed by atoms with Crippen molar-refractivity contribution in [2.75, 3.05) is 20.1 Å². The molecular formula is C18H28N2. The normalized spacial score (nSPS) is 28.9. The van der Waals surface area contributed by atoms with Crippen molar-refractivity contribution < 1.29 is 0 Å². The molecule has 1 heterocycles. The second-order valence-corrected chi connectivity index (χ2v) is 6.91. The minimum atomic E-state index is 0.670. The second kappa shape index (κ2) is 6.28. The molecule has 2 aliphatic rings. The van der Waals surface area contributed by atoms with E-state index in [0.717, 1.165) is 6.04 Å². The maximum absolute atomic E-state index is 3.92. The molecule has 20 heavy (non-hydrogen) atoms. The molecule has 2 atom stereocenters. The van der Waals surface area contributed by atoms with Crippen LogP contribution in [0.4, 0.5) is 0 Å². The van der Waals surface area contributed by atoms with Crippen LogP contribution in [0.2, 0.25) is 0 Å². The molecule has 0 amide bonds. The zero-order valence-electron chi connectivity index (χ0n) is 12.9. The molecule has 2 nitrogen and oxygen atoms in total. The van der Waals surface area contributed by atoms with Crippen LogP contribution in [-0.4, -0.2) is 37.1 Å². The molecule has 1 aromatic carbocycles. The third kappa shape index (κ3) is 3.42. The Balaban J connectivity index is 1.64. The maximum Gasteiger partial charge on any atom is 0.0203 e. The number of nitrogens with zero attached hydrogens (tertiary/aromatic N) is 1. The van der Waals surface area contributed by atoms with Crippen molar-refractivity contribution >= 4 is 0 Å². The Bertz CT molecular complexity index is 420. The van der Waals surface area contributed by atoms with Gasteiger partial charge in [0, 0.05) is 25.2 Å². The van der Waals surface area contributed by atoms with Gasteiger partial charge >= 0.3 is 0 Å². The van der Waals surface area contributed by atoms with E-state index in [4.69, 9.17) is 0 Å². The highest BCUT2D eigenvalue weighted by atomic mass is 15.1. The van der Waals surface area contributed by atoms with Gasteiger partial charge in [0.15, 0.2) is 0 Å². The van der Waals surface area contributed by atoms with Crippen molar-refractivity contribution in [1.29, 1.82) is 0 Å². The lowest BCUT2D eigenvalue weighted by Crippen LogP contribution is -2.49. The molecule has 1 N–H and O–H groups in total. The predicted octanol–water partition coefficient (Wildman–Crippen LogP) is 3.31. The highest BCUT2D eigenvalue weighted by Gasteiger charge is 2.28. The second-order valence-electron chi connectivity index (χ2n) is 6.91. The molecule has 1 aliphatic heterocycles. The van der Waals surface area contributed by atoms with E-state index >= 15 is 0 Å². The Labute approximate surface area is 123 Å². The summed E-state index contributed by atoms with van der Waals surface area (Å²) in [5.74, 6) is 0.688. The summed E-state index contributed by atoms with van der Waals surface area (Å²) in [5.41, 5.74) is 2.87. The van der Waals surface area contributed by atoms with Gasteiger partial charge in [-0.3, -0.25) is 0 Å². The van der Waals surface area contributed by atoms with E-state index in [2.05, 4.69) is 48.5 Å². The molecular weight excluding hydrogens is 244 g/mol. The van der Waals surface area contributed by atoms with E-state index in [9.17, 15) is 0 Å². The van der Waals surface area contributed by atoms with Crippen LogP contribution in [0.25, 0.3) is 0 Å². The van der Waals surface area contributed by atoms with Gasteiger partial charge < -0.3 is 10.2 Å². The van der Waals surface area contributed by atoms with Crippen LogP contribution in [0.5, 0.6) is 0 Å². The van der Waals surface area contributed by atoms with Crippen molar-refractivity contribution in [1.82, 2.24) is 10.2 Å². The highest BCUT2D eigenvalue weighted by Crippen LogP contribution is 2.28. The minimum absolute atomic E-state index is 0.670. The van der Waals surface area contributed by atoms with Crippen LogP contribution in [0.15, 0.2) is 24.3 Å². The molecule has 1 saturated heterocycles. The molecule has 1 aliphatic carbocycles. The first-order valence-electron chi connectivity index (χ1n) is 8.22. The van der Waals surface area contributed by atoms with Gasteiger partial charge in [-0.05, 0) is 44.7 Å². The molecule has 0 aromatic heterocycles. The number of nitrogens with one attached hydrogen (secondary N) is 1. The van der Waals surface area contributed by atoms with E-state index < -0.39 is 0 Å². The van der Waals surface area contributed by atoms with Gasteiger partial charge in [-0.15, -0.1) is 0 Å². The number of likely N-dealkylation sites (N-methyl/N-ethyl adjacent to an activating group) is 1. The van der Waals surface area contributed by atoms with E-state index in [-0.39, 0.29) is 0 Å². The smallest absolute Gasteiger partial charge is 0.0203 e. The van der Waals surface area contributed by atoms with E-state index in [1.807, 2.05) is 0 Å². The standard InChI is InChI=1S/C18H28N2/c1-14-7-9-15(10-8-14)16-11-18(13-20(2)12-16)19-17-5-3-4-6-17/h7-10,16-19H,3-6,11-13H2,1-2H3. The van der Waals surface area contributed by atoms with Gasteiger partial charge in [0.25, 0.3) is 0 Å². The molecule has 1 saturated carbocycles. The zero-order valence-corrected chi connectivity index (χ0v) is 12.9. The van der Waals surface area contributed by atoms with Crippen molar-refractivity contribution in [3.05, 3.63) is 35.4 Å². The van der Waals surface area contributed by atoms with Crippen LogP contribution in [0, 0.1) is 6.92 Å². The molecule has 110 valence electrons. The average Bonchev–Trinajstić information content (AvgIpc) is 2.91. The lowest BCUT2D eigenvalue weighted by molar-refractivity contribution is 0.195. The third-order valence-corrected chi connectivity index (χ3v) is 5.01. The summed E-state index contributed by atoms with van der Waals surface area (Å²) in [6.07, 6.45) is 6.90. The Hall–Kier alpha value is -0.860. The number of hydrogen-bond donors (Lipinski definition) is 1. The van der Waals surface area contributed by atoms with Crippen LogP contribution in [-0.2, 0) is 0 Å². The predicted molar refractivity (Wildman–Crippen MR) is 85.2 cm³/mol. The number of aryl methyl sites for hydroxylation is 1. The Morgan fingerprint density at radius 2 is 1.70 bits per heavy atom. The Morgan fingerprint density at radius 1 is 1.00 bits per heavy atom. The Kier molecular flexibility index (Phi) is 4.42. The summed E-state index contributed by atoms with van der Waals surface area (Å²) in [4.78, 5) is 2.50. The number of benzene rings is 1. The van der Waals surface area contributed by atoms with Crippen LogP contribution in [0.3, 0.4) is 0 Å². The van der Waals surface area contributed by atoms with Crippen LogP contribution >= 0.6 is 0 Å². The van der Waals surface area contributed by atoms with Gasteiger partial charge in [-0.2, -0.15) is 0 Å². The first-order valence-corrected chi connectivity index (χ1v) is 8.22. The topological polar surface area (TPSA) is 15.3 Å². The number of piperidine rings is 1.